The van der Waals surface area contributed by atoms with Crippen LogP contribution in [0.5, 0.6) is 0 Å². The lowest BCUT2D eigenvalue weighted by atomic mass is 9.64. The maximum atomic E-state index is 10.9. The highest BCUT2D eigenvalue weighted by molar-refractivity contribution is 7.74. The molecule has 0 aromatic heterocycles. The van der Waals surface area contributed by atoms with E-state index in [2.05, 4.69) is 6.92 Å². The largest absolute Gasteiger partial charge is 0.301 e. The number of rotatable bonds is 6. The molecule has 0 aromatic rings. The van der Waals surface area contributed by atoms with Crippen molar-refractivity contribution in [1.82, 2.24) is 0 Å². The van der Waals surface area contributed by atoms with Gasteiger partial charge in [-0.25, -0.2) is 0 Å². The third kappa shape index (κ3) is 3.79. The Hall–Kier alpha value is 0.0700. The van der Waals surface area contributed by atoms with Crippen LogP contribution in [0.15, 0.2) is 0 Å². The first-order valence-electron chi connectivity index (χ1n) is 7.92. The summed E-state index contributed by atoms with van der Waals surface area (Å²) < 4.78 is 25.0. The van der Waals surface area contributed by atoms with E-state index in [0.717, 1.165) is 0 Å². The van der Waals surface area contributed by atoms with Gasteiger partial charge in [-0.2, -0.15) is 4.21 Å². The Kier molecular flexibility index (Phi) is 5.85. The summed E-state index contributed by atoms with van der Waals surface area (Å²) in [5.41, 5.74) is 0.376. The molecule has 2 saturated carbocycles. The van der Waals surface area contributed by atoms with E-state index in [1.165, 1.54) is 64.2 Å². The fraction of sp³-hybridized carbons (Fsp3) is 1.00. The molecule has 4 heteroatoms. The van der Waals surface area contributed by atoms with Crippen LogP contribution < -0.4 is 0 Å². The summed E-state index contributed by atoms with van der Waals surface area (Å²) >= 11 is -2.11. The van der Waals surface area contributed by atoms with Gasteiger partial charge in [0.1, 0.15) is 0 Å². The summed E-state index contributed by atoms with van der Waals surface area (Å²) in [4.78, 5) is 0. The molecule has 2 rings (SSSR count). The number of hydrogen-bond donors (Lipinski definition) is 1. The standard InChI is InChI=1S/C15H28O3S/c1-2-15(10-6-7-11-15)14(12-18-19(16)17)13-8-4-3-5-9-13/h13-14H,2-12H2,1H3,(H,16,17). The van der Waals surface area contributed by atoms with Gasteiger partial charge in [-0.3, -0.25) is 8.74 Å². The Bertz CT molecular complexity index is 294. The van der Waals surface area contributed by atoms with Crippen molar-refractivity contribution in [3.63, 3.8) is 0 Å². The Labute approximate surface area is 120 Å². The molecule has 3 nitrogen and oxygen atoms in total. The number of hydrogen-bond acceptors (Lipinski definition) is 2. The normalized spacial score (nSPS) is 27.3. The van der Waals surface area contributed by atoms with Crippen molar-refractivity contribution in [2.24, 2.45) is 17.3 Å². The predicted octanol–water partition coefficient (Wildman–Crippen LogP) is 4.31. The van der Waals surface area contributed by atoms with Gasteiger partial charge in [0.05, 0.1) is 6.61 Å². The summed E-state index contributed by atoms with van der Waals surface area (Å²) in [6.07, 6.45) is 13.0. The lowest BCUT2D eigenvalue weighted by Gasteiger charge is -2.42. The Balaban J connectivity index is 2.09. The van der Waals surface area contributed by atoms with Crippen molar-refractivity contribution in [2.75, 3.05) is 6.61 Å². The second-order valence-corrected chi connectivity index (χ2v) is 7.10. The lowest BCUT2D eigenvalue weighted by molar-refractivity contribution is 0.0362. The molecule has 0 radical (unpaired) electrons. The molecular weight excluding hydrogens is 260 g/mol. The van der Waals surface area contributed by atoms with Crippen molar-refractivity contribution in [1.29, 1.82) is 0 Å². The first-order chi connectivity index (χ1) is 9.18. The Morgan fingerprint density at radius 2 is 1.84 bits per heavy atom. The van der Waals surface area contributed by atoms with Gasteiger partial charge >= 0.3 is 11.4 Å². The Morgan fingerprint density at radius 1 is 1.21 bits per heavy atom. The van der Waals surface area contributed by atoms with Crippen LogP contribution in [-0.4, -0.2) is 15.4 Å². The first kappa shape index (κ1) is 15.5. The highest BCUT2D eigenvalue weighted by Gasteiger charge is 2.43. The molecule has 1 N–H and O–H groups in total. The summed E-state index contributed by atoms with van der Waals surface area (Å²) in [7, 11) is 0. The predicted molar refractivity (Wildman–Crippen MR) is 78.0 cm³/mol. The fourth-order valence-corrected chi connectivity index (χ4v) is 4.81. The zero-order valence-corrected chi connectivity index (χ0v) is 12.9. The minimum atomic E-state index is -2.11. The van der Waals surface area contributed by atoms with Crippen LogP contribution in [0.4, 0.5) is 0 Å². The molecule has 112 valence electrons. The molecule has 2 atom stereocenters. The second-order valence-electron chi connectivity index (χ2n) is 6.43. The van der Waals surface area contributed by atoms with Crippen molar-refractivity contribution < 1.29 is 12.9 Å². The van der Waals surface area contributed by atoms with Crippen LogP contribution in [0, 0.1) is 17.3 Å². The smallest absolute Gasteiger partial charge is 0.284 e. The van der Waals surface area contributed by atoms with Crippen molar-refractivity contribution in [3.8, 4) is 0 Å². The van der Waals surface area contributed by atoms with Gasteiger partial charge in [0.15, 0.2) is 0 Å². The SMILES string of the molecule is CCC1(C(COS(=O)O)C2CCCCC2)CCCC1. The van der Waals surface area contributed by atoms with Crippen LogP contribution in [0.2, 0.25) is 0 Å². The highest BCUT2D eigenvalue weighted by Crippen LogP contribution is 2.52. The van der Waals surface area contributed by atoms with Crippen molar-refractivity contribution in [2.45, 2.75) is 71.1 Å². The van der Waals surface area contributed by atoms with Gasteiger partial charge < -0.3 is 0 Å². The zero-order chi connectivity index (χ0) is 13.7. The van der Waals surface area contributed by atoms with Gasteiger partial charge in [-0.15, -0.1) is 0 Å². The van der Waals surface area contributed by atoms with E-state index < -0.39 is 11.4 Å². The maximum absolute atomic E-state index is 10.9. The molecule has 2 aliphatic rings. The summed E-state index contributed by atoms with van der Waals surface area (Å²) in [5, 5.41) is 0. The van der Waals surface area contributed by atoms with E-state index in [1.54, 1.807) is 0 Å². The molecule has 0 spiro atoms. The van der Waals surface area contributed by atoms with Crippen LogP contribution in [-0.2, 0) is 15.5 Å². The molecule has 19 heavy (non-hydrogen) atoms. The fourth-order valence-electron chi connectivity index (χ4n) is 4.55. The van der Waals surface area contributed by atoms with Crippen LogP contribution in [0.3, 0.4) is 0 Å². The van der Waals surface area contributed by atoms with Crippen LogP contribution >= 0.6 is 0 Å². The monoisotopic (exact) mass is 288 g/mol. The van der Waals surface area contributed by atoms with E-state index in [0.29, 0.717) is 23.9 Å². The lowest BCUT2D eigenvalue weighted by Crippen LogP contribution is -2.37. The summed E-state index contributed by atoms with van der Waals surface area (Å²) in [5.74, 6) is 1.19. The molecule has 2 unspecified atom stereocenters. The summed E-state index contributed by atoms with van der Waals surface area (Å²) in [6, 6.07) is 0. The molecule has 0 bridgehead atoms. The van der Waals surface area contributed by atoms with Gasteiger partial charge in [-0.05, 0) is 30.1 Å². The molecule has 0 aromatic carbocycles. The average molecular weight is 288 g/mol. The van der Waals surface area contributed by atoms with Crippen molar-refractivity contribution in [3.05, 3.63) is 0 Å². The van der Waals surface area contributed by atoms with E-state index in [4.69, 9.17) is 8.74 Å². The zero-order valence-electron chi connectivity index (χ0n) is 12.1. The molecular formula is C15H28O3S. The topological polar surface area (TPSA) is 46.5 Å². The third-order valence-electron chi connectivity index (χ3n) is 5.66. The van der Waals surface area contributed by atoms with Crippen LogP contribution in [0.1, 0.15) is 71.1 Å². The second kappa shape index (κ2) is 7.19. The maximum Gasteiger partial charge on any atom is 0.301 e. The van der Waals surface area contributed by atoms with Gasteiger partial charge in [0, 0.05) is 0 Å². The molecule has 0 aliphatic heterocycles. The quantitative estimate of drug-likeness (QED) is 0.741. The van der Waals surface area contributed by atoms with E-state index in [-0.39, 0.29) is 0 Å². The summed E-state index contributed by atoms with van der Waals surface area (Å²) in [6.45, 7) is 2.76. The molecule has 0 amide bonds. The van der Waals surface area contributed by atoms with Crippen LogP contribution in [0.25, 0.3) is 0 Å². The molecule has 0 saturated heterocycles. The first-order valence-corrected chi connectivity index (χ1v) is 8.95. The molecule has 2 fully saturated rings. The van der Waals surface area contributed by atoms with Crippen molar-refractivity contribution >= 4 is 11.4 Å². The van der Waals surface area contributed by atoms with E-state index in [9.17, 15) is 4.21 Å². The van der Waals surface area contributed by atoms with Gasteiger partial charge in [-0.1, -0.05) is 58.3 Å². The minimum absolute atomic E-state index is 0.376. The van der Waals surface area contributed by atoms with E-state index in [1.807, 2.05) is 0 Å². The van der Waals surface area contributed by atoms with E-state index >= 15 is 0 Å². The highest BCUT2D eigenvalue weighted by atomic mass is 32.2. The third-order valence-corrected chi connectivity index (χ3v) is 6.00. The average Bonchev–Trinajstić information content (AvgIpc) is 2.90. The van der Waals surface area contributed by atoms with Gasteiger partial charge in [0.25, 0.3) is 0 Å². The minimum Gasteiger partial charge on any atom is -0.284 e. The Morgan fingerprint density at radius 3 is 2.37 bits per heavy atom. The molecule has 2 aliphatic carbocycles. The van der Waals surface area contributed by atoms with Gasteiger partial charge in [0.2, 0.25) is 0 Å². The molecule has 0 heterocycles.